The zero-order valence-corrected chi connectivity index (χ0v) is 13.8. The number of rotatable bonds is 4. The van der Waals surface area contributed by atoms with Crippen molar-refractivity contribution in [2.45, 2.75) is 18.9 Å². The Morgan fingerprint density at radius 2 is 2.36 bits per heavy atom. The van der Waals surface area contributed by atoms with Gasteiger partial charge in [0.2, 0.25) is 5.91 Å². The van der Waals surface area contributed by atoms with E-state index in [0.29, 0.717) is 12.3 Å². The molecule has 0 saturated carbocycles. The molecule has 3 rings (SSSR count). The van der Waals surface area contributed by atoms with Crippen LogP contribution in [-0.4, -0.2) is 61.1 Å². The van der Waals surface area contributed by atoms with Crippen molar-refractivity contribution in [1.29, 1.82) is 0 Å². The molecular formula is C17H24N2O2S. The van der Waals surface area contributed by atoms with E-state index in [-0.39, 0.29) is 12.0 Å². The molecule has 0 aliphatic carbocycles. The van der Waals surface area contributed by atoms with Crippen LogP contribution in [0.25, 0.3) is 0 Å². The van der Waals surface area contributed by atoms with Crippen molar-refractivity contribution in [3.05, 3.63) is 35.0 Å². The fourth-order valence-corrected chi connectivity index (χ4v) is 4.06. The number of fused-ring (bicyclic) bond motifs is 1. The summed E-state index contributed by atoms with van der Waals surface area (Å²) >= 11 is 1.65. The summed E-state index contributed by atoms with van der Waals surface area (Å²) in [5, 5.41) is 2.03. The van der Waals surface area contributed by atoms with E-state index < -0.39 is 0 Å². The van der Waals surface area contributed by atoms with E-state index in [2.05, 4.69) is 11.5 Å². The monoisotopic (exact) mass is 320 g/mol. The van der Waals surface area contributed by atoms with Gasteiger partial charge in [-0.3, -0.25) is 9.69 Å². The van der Waals surface area contributed by atoms with Crippen molar-refractivity contribution in [2.24, 2.45) is 5.92 Å². The Balaban J connectivity index is 1.56. The number of amides is 1. The summed E-state index contributed by atoms with van der Waals surface area (Å²) < 4.78 is 6.03. The molecule has 2 atom stereocenters. The van der Waals surface area contributed by atoms with Crippen molar-refractivity contribution < 1.29 is 9.53 Å². The lowest BCUT2D eigenvalue weighted by Gasteiger charge is -2.38. The van der Waals surface area contributed by atoms with Crippen molar-refractivity contribution in [1.82, 2.24) is 9.80 Å². The molecule has 2 aliphatic rings. The Kier molecular flexibility index (Phi) is 5.28. The van der Waals surface area contributed by atoms with E-state index in [1.807, 2.05) is 28.5 Å². The maximum Gasteiger partial charge on any atom is 0.227 e. The highest BCUT2D eigenvalue weighted by atomic mass is 32.1. The van der Waals surface area contributed by atoms with Crippen LogP contribution in [0.15, 0.2) is 30.2 Å². The van der Waals surface area contributed by atoms with E-state index >= 15 is 0 Å². The van der Waals surface area contributed by atoms with Gasteiger partial charge < -0.3 is 9.64 Å². The first-order valence-electron chi connectivity index (χ1n) is 8.01. The highest BCUT2D eigenvalue weighted by Gasteiger charge is 2.34. The summed E-state index contributed by atoms with van der Waals surface area (Å²) in [4.78, 5) is 18.0. The van der Waals surface area contributed by atoms with Crippen LogP contribution in [-0.2, 0) is 16.0 Å². The molecule has 1 aromatic heterocycles. The standard InChI is InChI=1S/C17H24N2O2S/c1-2-6-18-8-9-21-16-13-19(7-5-14(16)12-18)17(20)11-15-4-3-10-22-15/h2-4,10,14,16H,1,5-9,11-13H2/t14-,16-/m1/s1. The minimum absolute atomic E-state index is 0.191. The smallest absolute Gasteiger partial charge is 0.227 e. The van der Waals surface area contributed by atoms with E-state index in [4.69, 9.17) is 4.74 Å². The Labute approximate surface area is 136 Å². The molecule has 1 amide bonds. The second kappa shape index (κ2) is 7.40. The number of carbonyl (C=O) groups is 1. The number of hydrogen-bond donors (Lipinski definition) is 0. The number of hydrogen-bond acceptors (Lipinski definition) is 4. The predicted octanol–water partition coefficient (Wildman–Crippen LogP) is 2.03. The van der Waals surface area contributed by atoms with Gasteiger partial charge in [0.1, 0.15) is 0 Å². The van der Waals surface area contributed by atoms with Crippen LogP contribution in [0.4, 0.5) is 0 Å². The Bertz CT molecular complexity index is 503. The molecule has 2 aliphatic heterocycles. The zero-order chi connectivity index (χ0) is 15.4. The first-order chi connectivity index (χ1) is 10.8. The predicted molar refractivity (Wildman–Crippen MR) is 89.1 cm³/mol. The van der Waals surface area contributed by atoms with Crippen LogP contribution in [0.5, 0.6) is 0 Å². The lowest BCUT2D eigenvalue weighted by Crippen LogP contribution is -2.49. The molecule has 0 aromatic carbocycles. The maximum atomic E-state index is 12.4. The number of likely N-dealkylation sites (tertiary alicyclic amines) is 1. The molecule has 3 heterocycles. The van der Waals surface area contributed by atoms with Crippen LogP contribution >= 0.6 is 11.3 Å². The van der Waals surface area contributed by atoms with Gasteiger partial charge in [-0.15, -0.1) is 17.9 Å². The Hall–Kier alpha value is -1.17. The highest BCUT2D eigenvalue weighted by Crippen LogP contribution is 2.25. The van der Waals surface area contributed by atoms with E-state index in [0.717, 1.165) is 50.6 Å². The molecule has 1 aromatic rings. The number of thiophene rings is 1. The molecule has 0 N–H and O–H groups in total. The number of nitrogens with zero attached hydrogens (tertiary/aromatic N) is 2. The largest absolute Gasteiger partial charge is 0.375 e. The number of piperidine rings is 1. The third kappa shape index (κ3) is 3.77. The molecular weight excluding hydrogens is 296 g/mol. The molecule has 0 unspecified atom stereocenters. The van der Waals surface area contributed by atoms with Gasteiger partial charge in [0.05, 0.1) is 19.1 Å². The second-order valence-corrected chi connectivity index (χ2v) is 7.13. The molecule has 5 heteroatoms. The van der Waals surface area contributed by atoms with Gasteiger partial charge >= 0.3 is 0 Å². The first-order valence-corrected chi connectivity index (χ1v) is 8.89. The first kappa shape index (κ1) is 15.7. The van der Waals surface area contributed by atoms with E-state index in [1.54, 1.807) is 11.3 Å². The summed E-state index contributed by atoms with van der Waals surface area (Å²) in [6, 6.07) is 4.03. The van der Waals surface area contributed by atoms with Gasteiger partial charge in [-0.2, -0.15) is 0 Å². The lowest BCUT2D eigenvalue weighted by molar-refractivity contribution is -0.136. The van der Waals surface area contributed by atoms with Gasteiger partial charge in [0, 0.05) is 43.5 Å². The van der Waals surface area contributed by atoms with Gasteiger partial charge in [0.25, 0.3) is 0 Å². The third-order valence-electron chi connectivity index (χ3n) is 4.57. The minimum Gasteiger partial charge on any atom is -0.375 e. The molecule has 2 saturated heterocycles. The van der Waals surface area contributed by atoms with Gasteiger partial charge in [-0.1, -0.05) is 12.1 Å². The maximum absolute atomic E-state index is 12.4. The molecule has 22 heavy (non-hydrogen) atoms. The summed E-state index contributed by atoms with van der Waals surface area (Å²) in [6.45, 7) is 9.13. The van der Waals surface area contributed by atoms with Crippen molar-refractivity contribution in [3.8, 4) is 0 Å². The van der Waals surface area contributed by atoms with Crippen LogP contribution in [0.2, 0.25) is 0 Å². The molecule has 4 nitrogen and oxygen atoms in total. The zero-order valence-electron chi connectivity index (χ0n) is 12.9. The SMILES string of the molecule is C=CCN1CCO[C@@H]2CN(C(=O)Cc3cccs3)CC[C@@H]2C1. The Morgan fingerprint density at radius 1 is 1.45 bits per heavy atom. The Morgan fingerprint density at radius 3 is 3.14 bits per heavy atom. The van der Waals surface area contributed by atoms with E-state index in [9.17, 15) is 4.79 Å². The summed E-state index contributed by atoms with van der Waals surface area (Å²) in [7, 11) is 0. The molecule has 2 fully saturated rings. The summed E-state index contributed by atoms with van der Waals surface area (Å²) in [5.41, 5.74) is 0. The van der Waals surface area contributed by atoms with Gasteiger partial charge in [-0.25, -0.2) is 0 Å². The number of carbonyl (C=O) groups excluding carboxylic acids is 1. The molecule has 0 radical (unpaired) electrons. The summed E-state index contributed by atoms with van der Waals surface area (Å²) in [6.07, 6.45) is 3.71. The average molecular weight is 320 g/mol. The topological polar surface area (TPSA) is 32.8 Å². The lowest BCUT2D eigenvalue weighted by atomic mass is 9.93. The normalized spacial score (nSPS) is 26.3. The molecule has 0 bridgehead atoms. The minimum atomic E-state index is 0.191. The average Bonchev–Trinajstić information content (AvgIpc) is 2.93. The van der Waals surface area contributed by atoms with Gasteiger partial charge in [-0.05, 0) is 17.9 Å². The highest BCUT2D eigenvalue weighted by molar-refractivity contribution is 7.10. The van der Waals surface area contributed by atoms with Crippen molar-refractivity contribution in [2.75, 3.05) is 39.3 Å². The fraction of sp³-hybridized carbons (Fsp3) is 0.588. The van der Waals surface area contributed by atoms with Crippen molar-refractivity contribution in [3.63, 3.8) is 0 Å². The molecule has 0 spiro atoms. The number of ether oxygens (including phenoxy) is 1. The third-order valence-corrected chi connectivity index (χ3v) is 5.45. The molecule has 120 valence electrons. The van der Waals surface area contributed by atoms with E-state index in [1.165, 1.54) is 0 Å². The van der Waals surface area contributed by atoms with Gasteiger partial charge in [0.15, 0.2) is 0 Å². The van der Waals surface area contributed by atoms with Crippen molar-refractivity contribution >= 4 is 17.2 Å². The van der Waals surface area contributed by atoms with Crippen LogP contribution < -0.4 is 0 Å². The summed E-state index contributed by atoms with van der Waals surface area (Å²) in [5.74, 6) is 0.768. The fourth-order valence-electron chi connectivity index (χ4n) is 3.37. The second-order valence-electron chi connectivity index (χ2n) is 6.10. The van der Waals surface area contributed by atoms with Crippen LogP contribution in [0, 0.1) is 5.92 Å². The quantitative estimate of drug-likeness (QED) is 0.796. The van der Waals surface area contributed by atoms with Crippen LogP contribution in [0.3, 0.4) is 0 Å². The van der Waals surface area contributed by atoms with Crippen LogP contribution in [0.1, 0.15) is 11.3 Å².